The highest BCUT2D eigenvalue weighted by Gasteiger charge is 2.35. The first-order chi connectivity index (χ1) is 8.10. The lowest BCUT2D eigenvalue weighted by atomic mass is 9.82. The standard InChI is InChI=1S/C12H21N3O2/c13-12(6-2-1-3-7-12)11(17)14-8-9-4-5-10(16)15-9/h9H,1-8,13H2,(H,14,17)(H,15,16). The molecule has 2 amide bonds. The van der Waals surface area contributed by atoms with E-state index in [4.69, 9.17) is 5.73 Å². The van der Waals surface area contributed by atoms with Crippen molar-refractivity contribution in [3.8, 4) is 0 Å². The lowest BCUT2D eigenvalue weighted by Crippen LogP contribution is -2.56. The van der Waals surface area contributed by atoms with Crippen LogP contribution in [0.4, 0.5) is 0 Å². The van der Waals surface area contributed by atoms with Crippen LogP contribution in [0.5, 0.6) is 0 Å². The van der Waals surface area contributed by atoms with E-state index < -0.39 is 5.54 Å². The monoisotopic (exact) mass is 239 g/mol. The molecule has 1 unspecified atom stereocenters. The molecule has 2 fully saturated rings. The summed E-state index contributed by atoms with van der Waals surface area (Å²) in [5.74, 6) is 0.0164. The van der Waals surface area contributed by atoms with Gasteiger partial charge in [-0.05, 0) is 19.3 Å². The van der Waals surface area contributed by atoms with E-state index in [1.165, 1.54) is 6.42 Å². The predicted molar refractivity (Wildman–Crippen MR) is 64.2 cm³/mol. The first kappa shape index (κ1) is 12.4. The second kappa shape index (κ2) is 5.04. The van der Waals surface area contributed by atoms with Crippen LogP contribution >= 0.6 is 0 Å². The molecule has 1 saturated heterocycles. The van der Waals surface area contributed by atoms with Crippen LogP contribution in [-0.4, -0.2) is 29.9 Å². The second-order valence-corrected chi connectivity index (χ2v) is 5.23. The van der Waals surface area contributed by atoms with Crippen molar-refractivity contribution >= 4 is 11.8 Å². The van der Waals surface area contributed by atoms with E-state index in [9.17, 15) is 9.59 Å². The molecule has 2 aliphatic rings. The molecular formula is C12H21N3O2. The van der Waals surface area contributed by atoms with Gasteiger partial charge in [0.2, 0.25) is 11.8 Å². The summed E-state index contributed by atoms with van der Waals surface area (Å²) in [5, 5.41) is 5.71. The van der Waals surface area contributed by atoms with Gasteiger partial charge in [-0.15, -0.1) is 0 Å². The Kier molecular flexibility index (Phi) is 3.66. The van der Waals surface area contributed by atoms with Gasteiger partial charge in [-0.1, -0.05) is 19.3 Å². The van der Waals surface area contributed by atoms with Gasteiger partial charge in [0.15, 0.2) is 0 Å². The second-order valence-electron chi connectivity index (χ2n) is 5.23. The van der Waals surface area contributed by atoms with Crippen molar-refractivity contribution in [3.63, 3.8) is 0 Å². The van der Waals surface area contributed by atoms with Gasteiger partial charge >= 0.3 is 0 Å². The smallest absolute Gasteiger partial charge is 0.240 e. The number of rotatable bonds is 3. The molecule has 2 rings (SSSR count). The molecule has 1 saturated carbocycles. The van der Waals surface area contributed by atoms with Gasteiger partial charge in [-0.3, -0.25) is 9.59 Å². The van der Waals surface area contributed by atoms with Gasteiger partial charge in [0.05, 0.1) is 5.54 Å². The summed E-state index contributed by atoms with van der Waals surface area (Å²) >= 11 is 0. The number of carbonyl (C=O) groups excluding carboxylic acids is 2. The van der Waals surface area contributed by atoms with Crippen molar-refractivity contribution in [1.29, 1.82) is 0 Å². The Morgan fingerprint density at radius 1 is 1.41 bits per heavy atom. The van der Waals surface area contributed by atoms with Crippen molar-refractivity contribution in [1.82, 2.24) is 10.6 Å². The summed E-state index contributed by atoms with van der Waals surface area (Å²) in [5.41, 5.74) is 5.44. The zero-order chi connectivity index (χ0) is 12.3. The van der Waals surface area contributed by atoms with Crippen LogP contribution in [0.15, 0.2) is 0 Å². The number of hydrogen-bond acceptors (Lipinski definition) is 3. The Morgan fingerprint density at radius 2 is 2.12 bits per heavy atom. The fraction of sp³-hybridized carbons (Fsp3) is 0.833. The molecule has 96 valence electrons. The van der Waals surface area contributed by atoms with Crippen molar-refractivity contribution in [2.45, 2.75) is 56.5 Å². The molecule has 1 heterocycles. The largest absolute Gasteiger partial charge is 0.352 e. The van der Waals surface area contributed by atoms with Gasteiger partial charge in [0.1, 0.15) is 0 Å². The average molecular weight is 239 g/mol. The van der Waals surface area contributed by atoms with E-state index in [-0.39, 0.29) is 17.9 Å². The maximum atomic E-state index is 12.0. The Balaban J connectivity index is 1.78. The quantitative estimate of drug-likeness (QED) is 0.650. The highest BCUT2D eigenvalue weighted by atomic mass is 16.2. The normalized spacial score (nSPS) is 27.6. The number of amides is 2. The summed E-state index contributed by atoms with van der Waals surface area (Å²) in [4.78, 5) is 23.0. The third kappa shape index (κ3) is 2.97. The van der Waals surface area contributed by atoms with Gasteiger partial charge < -0.3 is 16.4 Å². The minimum absolute atomic E-state index is 0.0571. The topological polar surface area (TPSA) is 84.2 Å². The van der Waals surface area contributed by atoms with Crippen LogP contribution in [0.25, 0.3) is 0 Å². The first-order valence-corrected chi connectivity index (χ1v) is 6.47. The summed E-state index contributed by atoms with van der Waals surface area (Å²) in [7, 11) is 0. The third-order valence-corrected chi connectivity index (χ3v) is 3.79. The van der Waals surface area contributed by atoms with Gasteiger partial charge in [-0.2, -0.15) is 0 Å². The van der Waals surface area contributed by atoms with Crippen LogP contribution in [-0.2, 0) is 9.59 Å². The van der Waals surface area contributed by atoms with Crippen molar-refractivity contribution in [3.05, 3.63) is 0 Å². The molecular weight excluding hydrogens is 218 g/mol. The number of hydrogen-bond donors (Lipinski definition) is 3. The minimum Gasteiger partial charge on any atom is -0.352 e. The van der Waals surface area contributed by atoms with Crippen LogP contribution in [0.3, 0.4) is 0 Å². The maximum Gasteiger partial charge on any atom is 0.240 e. The maximum absolute atomic E-state index is 12.0. The number of nitrogens with two attached hydrogens (primary N) is 1. The molecule has 0 aromatic rings. The number of nitrogens with one attached hydrogen (secondary N) is 2. The Bertz CT molecular complexity index is 311. The van der Waals surface area contributed by atoms with Crippen LogP contribution in [0, 0.1) is 0 Å². The van der Waals surface area contributed by atoms with Gasteiger partial charge in [0.25, 0.3) is 0 Å². The van der Waals surface area contributed by atoms with Crippen LogP contribution in [0.2, 0.25) is 0 Å². The van der Waals surface area contributed by atoms with E-state index in [1.54, 1.807) is 0 Å². The average Bonchev–Trinajstić information content (AvgIpc) is 2.73. The van der Waals surface area contributed by atoms with Crippen molar-refractivity contribution in [2.75, 3.05) is 6.54 Å². The number of carbonyl (C=O) groups is 2. The molecule has 1 atom stereocenters. The lowest BCUT2D eigenvalue weighted by molar-refractivity contribution is -0.127. The van der Waals surface area contributed by atoms with Crippen molar-refractivity contribution in [2.24, 2.45) is 5.73 Å². The van der Waals surface area contributed by atoms with E-state index in [0.717, 1.165) is 32.1 Å². The van der Waals surface area contributed by atoms with E-state index in [2.05, 4.69) is 10.6 Å². The molecule has 1 aliphatic heterocycles. The van der Waals surface area contributed by atoms with E-state index >= 15 is 0 Å². The zero-order valence-electron chi connectivity index (χ0n) is 10.1. The van der Waals surface area contributed by atoms with Crippen LogP contribution in [0.1, 0.15) is 44.9 Å². The molecule has 0 radical (unpaired) electrons. The predicted octanol–water partition coefficient (Wildman–Crippen LogP) is 0.0428. The fourth-order valence-electron chi connectivity index (χ4n) is 2.63. The molecule has 1 aliphatic carbocycles. The fourth-order valence-corrected chi connectivity index (χ4v) is 2.63. The highest BCUT2D eigenvalue weighted by Crippen LogP contribution is 2.25. The van der Waals surface area contributed by atoms with Gasteiger partial charge in [0, 0.05) is 19.0 Å². The Hall–Kier alpha value is -1.10. The Labute approximate surface area is 102 Å². The van der Waals surface area contributed by atoms with Crippen molar-refractivity contribution < 1.29 is 9.59 Å². The zero-order valence-corrected chi connectivity index (χ0v) is 10.1. The third-order valence-electron chi connectivity index (χ3n) is 3.79. The van der Waals surface area contributed by atoms with Crippen LogP contribution < -0.4 is 16.4 Å². The molecule has 5 heteroatoms. The highest BCUT2D eigenvalue weighted by molar-refractivity contribution is 5.86. The first-order valence-electron chi connectivity index (χ1n) is 6.47. The molecule has 0 aromatic heterocycles. The van der Waals surface area contributed by atoms with E-state index in [0.29, 0.717) is 13.0 Å². The molecule has 0 aromatic carbocycles. The Morgan fingerprint density at radius 3 is 2.71 bits per heavy atom. The molecule has 0 bridgehead atoms. The summed E-state index contributed by atoms with van der Waals surface area (Å²) < 4.78 is 0. The SMILES string of the molecule is NC1(C(=O)NCC2CCC(=O)N2)CCCCC1. The summed E-state index contributed by atoms with van der Waals surface area (Å²) in [6.45, 7) is 0.503. The summed E-state index contributed by atoms with van der Waals surface area (Å²) in [6, 6.07) is 0.0821. The molecule has 0 spiro atoms. The molecule has 5 nitrogen and oxygen atoms in total. The minimum atomic E-state index is -0.680. The molecule has 17 heavy (non-hydrogen) atoms. The van der Waals surface area contributed by atoms with E-state index in [1.807, 2.05) is 0 Å². The molecule has 4 N–H and O–H groups in total. The van der Waals surface area contributed by atoms with Gasteiger partial charge in [-0.25, -0.2) is 0 Å². The summed E-state index contributed by atoms with van der Waals surface area (Å²) in [6.07, 6.45) is 6.15. The lowest BCUT2D eigenvalue weighted by Gasteiger charge is -2.32.